The fourth-order valence-corrected chi connectivity index (χ4v) is 4.62. The van der Waals surface area contributed by atoms with E-state index in [-0.39, 0.29) is 5.75 Å². The van der Waals surface area contributed by atoms with Crippen LogP contribution in [0.1, 0.15) is 16.7 Å². The van der Waals surface area contributed by atoms with Crippen LogP contribution in [0.5, 0.6) is 11.5 Å². The van der Waals surface area contributed by atoms with E-state index >= 15 is 0 Å². The molecule has 0 aliphatic carbocycles. The molecule has 0 saturated carbocycles. The second kappa shape index (κ2) is 5.96. The fourth-order valence-electron chi connectivity index (χ4n) is 2.39. The van der Waals surface area contributed by atoms with Crippen molar-refractivity contribution >= 4 is 64.2 Å². The molecule has 4 nitrogen and oxygen atoms in total. The van der Waals surface area contributed by atoms with E-state index in [1.165, 1.54) is 11.3 Å². The predicted molar refractivity (Wildman–Crippen MR) is 102 cm³/mol. The number of fused-ring (bicyclic) bond motifs is 1. The van der Waals surface area contributed by atoms with E-state index in [2.05, 4.69) is 42.2 Å². The van der Waals surface area contributed by atoms with Gasteiger partial charge in [0, 0.05) is 11.3 Å². The van der Waals surface area contributed by atoms with Crippen LogP contribution in [0.4, 0.5) is 10.8 Å². The van der Waals surface area contributed by atoms with Crippen molar-refractivity contribution in [3.8, 4) is 11.5 Å². The molecular formula is C16H14Br2N2O2S. The van der Waals surface area contributed by atoms with Crippen molar-refractivity contribution in [2.75, 3.05) is 5.32 Å². The zero-order chi connectivity index (χ0) is 16.9. The molecule has 0 saturated heterocycles. The summed E-state index contributed by atoms with van der Waals surface area (Å²) < 4.78 is 2.16. The predicted octanol–water partition coefficient (Wildman–Crippen LogP) is 5.90. The molecule has 7 heteroatoms. The van der Waals surface area contributed by atoms with Gasteiger partial charge in [-0.3, -0.25) is 0 Å². The minimum Gasteiger partial charge on any atom is -0.507 e. The molecule has 0 bridgehead atoms. The van der Waals surface area contributed by atoms with Gasteiger partial charge < -0.3 is 15.5 Å². The summed E-state index contributed by atoms with van der Waals surface area (Å²) in [7, 11) is 0. The van der Waals surface area contributed by atoms with Gasteiger partial charge in [-0.25, -0.2) is 4.98 Å². The van der Waals surface area contributed by atoms with Crippen LogP contribution in [0.3, 0.4) is 0 Å². The van der Waals surface area contributed by atoms with Gasteiger partial charge in [0.25, 0.3) is 0 Å². The molecule has 1 aromatic heterocycles. The Kier molecular flexibility index (Phi) is 4.29. The molecule has 0 aliphatic rings. The topological polar surface area (TPSA) is 65.4 Å². The zero-order valence-electron chi connectivity index (χ0n) is 12.7. The highest BCUT2D eigenvalue weighted by molar-refractivity contribution is 9.11. The normalized spacial score (nSPS) is 11.2. The van der Waals surface area contributed by atoms with Crippen molar-refractivity contribution in [1.29, 1.82) is 0 Å². The largest absolute Gasteiger partial charge is 0.507 e. The number of nitrogens with zero attached hydrogens (tertiary/aromatic N) is 1. The van der Waals surface area contributed by atoms with Crippen LogP contribution < -0.4 is 5.32 Å². The molecular weight excluding hydrogens is 444 g/mol. The molecule has 120 valence electrons. The molecule has 3 rings (SSSR count). The maximum atomic E-state index is 10.2. The Morgan fingerprint density at radius 2 is 1.57 bits per heavy atom. The highest BCUT2D eigenvalue weighted by atomic mass is 79.9. The lowest BCUT2D eigenvalue weighted by atomic mass is 10.0. The first-order valence-electron chi connectivity index (χ1n) is 6.84. The lowest BCUT2D eigenvalue weighted by molar-refractivity contribution is 0.467. The summed E-state index contributed by atoms with van der Waals surface area (Å²) in [6.45, 7) is 5.77. The van der Waals surface area contributed by atoms with Gasteiger partial charge in [-0.1, -0.05) is 11.3 Å². The van der Waals surface area contributed by atoms with Crippen molar-refractivity contribution < 1.29 is 10.2 Å². The van der Waals surface area contributed by atoms with Crippen molar-refractivity contribution in [2.24, 2.45) is 0 Å². The molecule has 0 aliphatic heterocycles. The third kappa shape index (κ3) is 2.81. The van der Waals surface area contributed by atoms with Gasteiger partial charge in [-0.15, -0.1) is 0 Å². The quantitative estimate of drug-likeness (QED) is 0.419. The number of phenols is 2. The molecule has 0 unspecified atom stereocenters. The minimum atomic E-state index is 0.159. The number of aromatic hydroxyl groups is 2. The van der Waals surface area contributed by atoms with Crippen molar-refractivity contribution in [3.63, 3.8) is 0 Å². The number of hydrogen-bond acceptors (Lipinski definition) is 5. The van der Waals surface area contributed by atoms with Crippen molar-refractivity contribution in [2.45, 2.75) is 20.8 Å². The number of rotatable bonds is 2. The number of anilines is 2. The highest BCUT2D eigenvalue weighted by Gasteiger charge is 2.16. The fraction of sp³-hybridized carbons (Fsp3) is 0.188. The monoisotopic (exact) mass is 456 g/mol. The number of nitrogens with one attached hydrogen (secondary N) is 1. The van der Waals surface area contributed by atoms with Crippen LogP contribution in [0.2, 0.25) is 0 Å². The summed E-state index contributed by atoms with van der Waals surface area (Å²) in [4.78, 5) is 4.66. The van der Waals surface area contributed by atoms with Crippen LogP contribution in [-0.2, 0) is 0 Å². The van der Waals surface area contributed by atoms with Gasteiger partial charge in [0.15, 0.2) is 5.13 Å². The van der Waals surface area contributed by atoms with Gasteiger partial charge in [0.2, 0.25) is 0 Å². The van der Waals surface area contributed by atoms with Crippen LogP contribution >= 0.6 is 43.2 Å². The Labute approximate surface area is 154 Å². The molecule has 23 heavy (non-hydrogen) atoms. The minimum absolute atomic E-state index is 0.159. The van der Waals surface area contributed by atoms with E-state index in [9.17, 15) is 10.2 Å². The maximum absolute atomic E-state index is 10.2. The Bertz CT molecular complexity index is 870. The number of aromatic nitrogens is 1. The average Bonchev–Trinajstić information content (AvgIpc) is 2.92. The smallest absolute Gasteiger partial charge is 0.188 e. The van der Waals surface area contributed by atoms with Crippen LogP contribution in [0, 0.1) is 20.8 Å². The summed E-state index contributed by atoms with van der Waals surface area (Å²) in [6.07, 6.45) is 0. The second-order valence-electron chi connectivity index (χ2n) is 5.33. The number of hydrogen-bond donors (Lipinski definition) is 3. The lowest BCUT2D eigenvalue weighted by Crippen LogP contribution is -1.91. The summed E-state index contributed by atoms with van der Waals surface area (Å²) in [5.74, 6) is 0.493. The Morgan fingerprint density at radius 1 is 0.957 bits per heavy atom. The molecule has 3 N–H and O–H groups in total. The Balaban J connectivity index is 2.09. The number of benzene rings is 2. The molecule has 3 aromatic rings. The van der Waals surface area contributed by atoms with Gasteiger partial charge in [-0.05, 0) is 75.9 Å². The van der Waals surface area contributed by atoms with E-state index in [0.29, 0.717) is 14.7 Å². The standard InChI is InChI=1S/C16H14Br2N2O2S/c1-6-7(2)13(21)8(3)15-12(6)20-16(23-15)19-9-4-10(17)14(22)11(18)5-9/h4-5,21-22H,1-3H3,(H,19,20). The van der Waals surface area contributed by atoms with Crippen molar-refractivity contribution in [3.05, 3.63) is 37.8 Å². The summed E-state index contributed by atoms with van der Waals surface area (Å²) in [5.41, 5.74) is 4.41. The van der Waals surface area contributed by atoms with Crippen LogP contribution in [-0.4, -0.2) is 15.2 Å². The molecule has 0 fully saturated rings. The van der Waals surface area contributed by atoms with Gasteiger partial charge in [0.1, 0.15) is 11.5 Å². The maximum Gasteiger partial charge on any atom is 0.188 e. The Hall–Kier alpha value is -1.31. The van der Waals surface area contributed by atoms with Crippen LogP contribution in [0.25, 0.3) is 10.2 Å². The van der Waals surface area contributed by atoms with Crippen LogP contribution in [0.15, 0.2) is 21.1 Å². The molecule has 0 radical (unpaired) electrons. The zero-order valence-corrected chi connectivity index (χ0v) is 16.6. The SMILES string of the molecule is Cc1c(O)c(C)c2sc(Nc3cc(Br)c(O)c(Br)c3)nc2c1C. The van der Waals surface area contributed by atoms with Crippen molar-refractivity contribution in [1.82, 2.24) is 4.98 Å². The molecule has 1 heterocycles. The summed E-state index contributed by atoms with van der Waals surface area (Å²) >= 11 is 8.13. The number of thiazole rings is 1. The number of halogens is 2. The van der Waals surface area contributed by atoms with Gasteiger partial charge in [0.05, 0.1) is 19.2 Å². The molecule has 0 atom stereocenters. The molecule has 0 spiro atoms. The third-order valence-electron chi connectivity index (χ3n) is 3.86. The first kappa shape index (κ1) is 16.5. The van der Waals surface area contributed by atoms with E-state index < -0.39 is 0 Å². The molecule has 2 aromatic carbocycles. The van der Waals surface area contributed by atoms with E-state index in [1.54, 1.807) is 12.1 Å². The number of aryl methyl sites for hydroxylation is 2. The van der Waals surface area contributed by atoms with Gasteiger partial charge >= 0.3 is 0 Å². The first-order chi connectivity index (χ1) is 10.8. The lowest BCUT2D eigenvalue weighted by Gasteiger charge is -2.07. The first-order valence-corrected chi connectivity index (χ1v) is 9.24. The van der Waals surface area contributed by atoms with Gasteiger partial charge in [-0.2, -0.15) is 0 Å². The third-order valence-corrected chi connectivity index (χ3v) is 6.16. The van der Waals surface area contributed by atoms with E-state index in [0.717, 1.165) is 37.7 Å². The Morgan fingerprint density at radius 3 is 2.17 bits per heavy atom. The summed E-state index contributed by atoms with van der Waals surface area (Å²) in [5, 5.41) is 24.0. The van der Waals surface area contributed by atoms with E-state index in [4.69, 9.17) is 0 Å². The highest BCUT2D eigenvalue weighted by Crippen LogP contribution is 2.40. The number of phenolic OH excluding ortho intramolecular Hbond substituents is 2. The average molecular weight is 458 g/mol. The summed E-state index contributed by atoms with van der Waals surface area (Å²) in [6, 6.07) is 3.57. The molecule has 0 amide bonds. The van der Waals surface area contributed by atoms with E-state index in [1.807, 2.05) is 20.8 Å². The second-order valence-corrected chi connectivity index (χ2v) is 8.04.